The molecule has 0 spiro atoms. The molecular weight excluding hydrogens is 270 g/mol. The number of hydrogen-bond donors (Lipinski definition) is 0. The second kappa shape index (κ2) is 6.27. The van der Waals surface area contributed by atoms with Crippen LogP contribution in [0, 0.1) is 5.92 Å². The molecule has 0 radical (unpaired) electrons. The van der Waals surface area contributed by atoms with Gasteiger partial charge in [0.25, 0.3) is 0 Å². The van der Waals surface area contributed by atoms with Gasteiger partial charge in [0.05, 0.1) is 7.11 Å². The quantitative estimate of drug-likeness (QED) is 0.799. The van der Waals surface area contributed by atoms with Crippen molar-refractivity contribution in [2.75, 3.05) is 13.7 Å². The third kappa shape index (κ3) is 2.77. The monoisotopic (exact) mass is 293 g/mol. The molecule has 1 aliphatic heterocycles. The molecule has 2 aliphatic rings. The number of carbonyl (C=O) groups is 1. The van der Waals surface area contributed by atoms with Gasteiger partial charge in [0.15, 0.2) is 0 Å². The lowest BCUT2D eigenvalue weighted by Gasteiger charge is -2.33. The van der Waals surface area contributed by atoms with Gasteiger partial charge >= 0.3 is 5.97 Å². The van der Waals surface area contributed by atoms with Gasteiger partial charge in [0.1, 0.15) is 6.04 Å². The van der Waals surface area contributed by atoms with Gasteiger partial charge in [-0.2, -0.15) is 0 Å². The molecule has 2 fully saturated rings. The fourth-order valence-electron chi connectivity index (χ4n) is 3.94. The van der Waals surface area contributed by atoms with Crippen LogP contribution in [0.25, 0.3) is 0 Å². The van der Waals surface area contributed by atoms with Crippen LogP contribution in [0.3, 0.4) is 0 Å². The van der Waals surface area contributed by atoms with Crippen LogP contribution >= 0.6 is 11.3 Å². The molecule has 1 aliphatic carbocycles. The van der Waals surface area contributed by atoms with E-state index < -0.39 is 0 Å². The molecule has 3 atom stereocenters. The highest BCUT2D eigenvalue weighted by atomic mass is 32.1. The highest BCUT2D eigenvalue weighted by molar-refractivity contribution is 7.09. The van der Waals surface area contributed by atoms with Crippen LogP contribution in [0.5, 0.6) is 0 Å². The van der Waals surface area contributed by atoms with Crippen molar-refractivity contribution in [1.82, 2.24) is 4.90 Å². The number of nitrogens with zero attached hydrogens (tertiary/aromatic N) is 1. The maximum absolute atomic E-state index is 12.1. The van der Waals surface area contributed by atoms with Crippen molar-refractivity contribution in [3.05, 3.63) is 22.4 Å². The molecule has 0 bridgehead atoms. The summed E-state index contributed by atoms with van der Waals surface area (Å²) in [7, 11) is 1.52. The molecule has 2 heterocycles. The predicted molar refractivity (Wildman–Crippen MR) is 80.9 cm³/mol. The Hall–Kier alpha value is -0.870. The normalized spacial score (nSPS) is 30.1. The molecule has 0 aromatic carbocycles. The maximum atomic E-state index is 12.1. The van der Waals surface area contributed by atoms with Crippen LogP contribution in [-0.2, 0) is 16.0 Å². The maximum Gasteiger partial charge on any atom is 0.323 e. The van der Waals surface area contributed by atoms with E-state index in [-0.39, 0.29) is 12.0 Å². The average Bonchev–Trinajstić information content (AvgIpc) is 3.11. The standard InChI is InChI=1S/C16H23NO2S/c1-19-16(18)15-11-12-5-2-3-7-14(12)17(15)9-8-13-6-4-10-20-13/h4,6,10,12,14-15H,2-3,5,7-9,11H2,1H3/t12-,14-,15-/m0/s1. The third-order valence-corrected chi connectivity index (χ3v) is 5.83. The molecule has 1 aromatic heterocycles. The number of thiophene rings is 1. The SMILES string of the molecule is COC(=O)[C@@H]1C[C@@H]2CCCC[C@@H]2N1CCc1cccs1. The zero-order chi connectivity index (χ0) is 13.9. The van der Waals surface area contributed by atoms with E-state index in [1.54, 1.807) is 0 Å². The zero-order valence-corrected chi connectivity index (χ0v) is 12.9. The Kier molecular flexibility index (Phi) is 4.41. The predicted octanol–water partition coefficient (Wildman–Crippen LogP) is 3.10. The minimum absolute atomic E-state index is 0.00642. The van der Waals surface area contributed by atoms with Crippen molar-refractivity contribution < 1.29 is 9.53 Å². The summed E-state index contributed by atoms with van der Waals surface area (Å²) in [6.07, 6.45) is 7.23. The van der Waals surface area contributed by atoms with E-state index >= 15 is 0 Å². The average molecular weight is 293 g/mol. The topological polar surface area (TPSA) is 29.5 Å². The van der Waals surface area contributed by atoms with Crippen molar-refractivity contribution >= 4 is 17.3 Å². The fourth-order valence-corrected chi connectivity index (χ4v) is 4.63. The molecule has 3 nitrogen and oxygen atoms in total. The Morgan fingerprint density at radius 1 is 1.45 bits per heavy atom. The molecule has 110 valence electrons. The van der Waals surface area contributed by atoms with E-state index in [1.807, 2.05) is 11.3 Å². The number of esters is 1. The van der Waals surface area contributed by atoms with Crippen LogP contribution < -0.4 is 0 Å². The van der Waals surface area contributed by atoms with E-state index in [9.17, 15) is 4.79 Å². The minimum atomic E-state index is -0.0365. The van der Waals surface area contributed by atoms with Crippen LogP contribution in [0.1, 0.15) is 37.0 Å². The van der Waals surface area contributed by atoms with E-state index in [1.165, 1.54) is 37.7 Å². The summed E-state index contributed by atoms with van der Waals surface area (Å²) in [5.41, 5.74) is 0. The van der Waals surface area contributed by atoms with Crippen LogP contribution in [-0.4, -0.2) is 36.6 Å². The van der Waals surface area contributed by atoms with Gasteiger partial charge in [-0.15, -0.1) is 11.3 Å². The summed E-state index contributed by atoms with van der Waals surface area (Å²) >= 11 is 1.81. The van der Waals surface area contributed by atoms with Crippen molar-refractivity contribution in [3.8, 4) is 0 Å². The summed E-state index contributed by atoms with van der Waals surface area (Å²) in [5, 5.41) is 2.13. The molecule has 20 heavy (non-hydrogen) atoms. The number of hydrogen-bond acceptors (Lipinski definition) is 4. The summed E-state index contributed by atoms with van der Waals surface area (Å²) < 4.78 is 5.03. The second-order valence-corrected chi connectivity index (χ2v) is 6.99. The van der Waals surface area contributed by atoms with E-state index in [4.69, 9.17) is 4.74 Å². The molecule has 0 N–H and O–H groups in total. The van der Waals surface area contributed by atoms with Crippen molar-refractivity contribution in [3.63, 3.8) is 0 Å². The first-order valence-corrected chi connectivity index (χ1v) is 8.53. The van der Waals surface area contributed by atoms with Crippen molar-refractivity contribution in [2.24, 2.45) is 5.92 Å². The number of likely N-dealkylation sites (tertiary alicyclic amines) is 1. The summed E-state index contributed by atoms with van der Waals surface area (Å²) in [5.74, 6) is 0.668. The lowest BCUT2D eigenvalue weighted by molar-refractivity contribution is -0.146. The Balaban J connectivity index is 1.70. The largest absolute Gasteiger partial charge is 0.468 e. The van der Waals surface area contributed by atoms with E-state index in [0.717, 1.165) is 19.4 Å². The van der Waals surface area contributed by atoms with Gasteiger partial charge in [-0.1, -0.05) is 18.9 Å². The minimum Gasteiger partial charge on any atom is -0.468 e. The van der Waals surface area contributed by atoms with Gasteiger partial charge < -0.3 is 4.74 Å². The highest BCUT2D eigenvalue weighted by Crippen LogP contribution is 2.40. The van der Waals surface area contributed by atoms with Crippen LogP contribution in [0.15, 0.2) is 17.5 Å². The van der Waals surface area contributed by atoms with E-state index in [0.29, 0.717) is 12.0 Å². The number of carbonyl (C=O) groups excluding carboxylic acids is 1. The molecule has 4 heteroatoms. The summed E-state index contributed by atoms with van der Waals surface area (Å²) in [6.45, 7) is 0.988. The number of fused-ring (bicyclic) bond motifs is 1. The Morgan fingerprint density at radius 3 is 3.05 bits per heavy atom. The lowest BCUT2D eigenvalue weighted by atomic mass is 9.85. The van der Waals surface area contributed by atoms with Gasteiger partial charge in [0.2, 0.25) is 0 Å². The molecule has 3 rings (SSSR count). The lowest BCUT2D eigenvalue weighted by Crippen LogP contribution is -2.43. The zero-order valence-electron chi connectivity index (χ0n) is 12.1. The van der Waals surface area contributed by atoms with Crippen LogP contribution in [0.2, 0.25) is 0 Å². The molecule has 1 aromatic rings. The number of rotatable bonds is 4. The number of methoxy groups -OCH3 is 1. The first kappa shape index (κ1) is 14.1. The molecule has 1 saturated carbocycles. The number of ether oxygens (including phenoxy) is 1. The van der Waals surface area contributed by atoms with Gasteiger partial charge in [-0.05, 0) is 43.0 Å². The third-order valence-electron chi connectivity index (χ3n) is 4.89. The first-order chi connectivity index (χ1) is 9.79. The second-order valence-electron chi connectivity index (χ2n) is 5.95. The Bertz CT molecular complexity index is 445. The summed E-state index contributed by atoms with van der Waals surface area (Å²) in [6, 6.07) is 4.89. The Labute approximate surface area is 124 Å². The van der Waals surface area contributed by atoms with E-state index in [2.05, 4.69) is 22.4 Å². The van der Waals surface area contributed by atoms with Gasteiger partial charge in [-0.3, -0.25) is 9.69 Å². The highest BCUT2D eigenvalue weighted by Gasteiger charge is 2.45. The van der Waals surface area contributed by atoms with Crippen molar-refractivity contribution in [2.45, 2.75) is 50.6 Å². The fraction of sp³-hybridized carbons (Fsp3) is 0.688. The molecular formula is C16H23NO2S. The molecule has 1 saturated heterocycles. The van der Waals surface area contributed by atoms with Gasteiger partial charge in [-0.25, -0.2) is 0 Å². The summed E-state index contributed by atoms with van der Waals surface area (Å²) in [4.78, 5) is 15.9. The molecule has 0 amide bonds. The van der Waals surface area contributed by atoms with Gasteiger partial charge in [0, 0.05) is 17.5 Å². The first-order valence-electron chi connectivity index (χ1n) is 7.65. The van der Waals surface area contributed by atoms with Crippen LogP contribution in [0.4, 0.5) is 0 Å². The molecule has 0 unspecified atom stereocenters. The smallest absolute Gasteiger partial charge is 0.323 e. The van der Waals surface area contributed by atoms with Crippen molar-refractivity contribution in [1.29, 1.82) is 0 Å². The Morgan fingerprint density at radius 2 is 2.30 bits per heavy atom.